The van der Waals surface area contributed by atoms with E-state index in [1.54, 1.807) is 0 Å². The molecule has 0 saturated heterocycles. The second kappa shape index (κ2) is 7.63. The molecule has 0 amide bonds. The van der Waals surface area contributed by atoms with Crippen LogP contribution in [-0.2, 0) is 6.54 Å². The van der Waals surface area contributed by atoms with E-state index < -0.39 is 0 Å². The SMILES string of the molecule is Cc1ccc2c(c1)nc(-c1ccc(N(C)C)cc1)n2Cc1ccc(N(C)C)cc1. The van der Waals surface area contributed by atoms with E-state index in [1.165, 1.54) is 28.0 Å². The minimum Gasteiger partial charge on any atom is -0.378 e. The first-order valence-corrected chi connectivity index (χ1v) is 9.93. The highest BCUT2D eigenvalue weighted by molar-refractivity contribution is 5.81. The molecule has 0 fully saturated rings. The van der Waals surface area contributed by atoms with Crippen LogP contribution < -0.4 is 9.80 Å². The first-order chi connectivity index (χ1) is 13.9. The van der Waals surface area contributed by atoms with E-state index in [4.69, 9.17) is 4.98 Å². The molecule has 0 radical (unpaired) electrons. The largest absolute Gasteiger partial charge is 0.378 e. The molecule has 29 heavy (non-hydrogen) atoms. The molecule has 0 aliphatic rings. The standard InChI is InChI=1S/C25H28N4/c1-18-6-15-24-23(16-18)26-25(20-9-13-22(14-10-20)28(4)5)29(24)17-19-7-11-21(12-8-19)27(2)3/h6-16H,17H2,1-5H3. The summed E-state index contributed by atoms with van der Waals surface area (Å²) in [4.78, 5) is 9.24. The van der Waals surface area contributed by atoms with Gasteiger partial charge in [0.2, 0.25) is 0 Å². The van der Waals surface area contributed by atoms with Crippen LogP contribution in [0.3, 0.4) is 0 Å². The zero-order chi connectivity index (χ0) is 20.5. The molecule has 1 aromatic heterocycles. The van der Waals surface area contributed by atoms with Crippen LogP contribution in [0.5, 0.6) is 0 Å². The van der Waals surface area contributed by atoms with Crippen molar-refractivity contribution >= 4 is 22.4 Å². The third kappa shape index (κ3) is 3.83. The van der Waals surface area contributed by atoms with Gasteiger partial charge in [0.25, 0.3) is 0 Å². The van der Waals surface area contributed by atoms with Crippen LogP contribution in [-0.4, -0.2) is 37.7 Å². The van der Waals surface area contributed by atoms with Crippen LogP contribution in [0.4, 0.5) is 11.4 Å². The summed E-state index contributed by atoms with van der Waals surface area (Å²) in [6.45, 7) is 2.90. The number of aromatic nitrogens is 2. The van der Waals surface area contributed by atoms with Gasteiger partial charge in [0.15, 0.2) is 0 Å². The number of aryl methyl sites for hydroxylation is 1. The Morgan fingerprint density at radius 2 is 1.34 bits per heavy atom. The third-order valence-electron chi connectivity index (χ3n) is 5.34. The lowest BCUT2D eigenvalue weighted by molar-refractivity contribution is 0.834. The van der Waals surface area contributed by atoms with Crippen molar-refractivity contribution in [1.29, 1.82) is 0 Å². The highest BCUT2D eigenvalue weighted by atomic mass is 15.1. The van der Waals surface area contributed by atoms with Gasteiger partial charge in [-0.3, -0.25) is 0 Å². The van der Waals surface area contributed by atoms with E-state index >= 15 is 0 Å². The van der Waals surface area contributed by atoms with Gasteiger partial charge in [-0.2, -0.15) is 0 Å². The zero-order valence-electron chi connectivity index (χ0n) is 17.8. The molecule has 0 bridgehead atoms. The Bertz CT molecular complexity index is 1120. The Hall–Kier alpha value is -3.27. The van der Waals surface area contributed by atoms with Crippen LogP contribution in [0.1, 0.15) is 11.1 Å². The maximum Gasteiger partial charge on any atom is 0.141 e. The molecule has 4 nitrogen and oxygen atoms in total. The van der Waals surface area contributed by atoms with Crippen molar-refractivity contribution in [3.63, 3.8) is 0 Å². The summed E-state index contributed by atoms with van der Waals surface area (Å²) in [6.07, 6.45) is 0. The molecule has 148 valence electrons. The normalized spacial score (nSPS) is 11.1. The number of imidazole rings is 1. The molecule has 1 heterocycles. The Balaban J connectivity index is 1.79. The predicted molar refractivity (Wildman–Crippen MR) is 124 cm³/mol. The van der Waals surface area contributed by atoms with Crippen LogP contribution in [0, 0.1) is 6.92 Å². The lowest BCUT2D eigenvalue weighted by atomic mass is 10.1. The smallest absolute Gasteiger partial charge is 0.141 e. The topological polar surface area (TPSA) is 24.3 Å². The summed E-state index contributed by atoms with van der Waals surface area (Å²) < 4.78 is 2.32. The van der Waals surface area contributed by atoms with Gasteiger partial charge in [-0.25, -0.2) is 4.98 Å². The van der Waals surface area contributed by atoms with Crippen molar-refractivity contribution in [2.75, 3.05) is 38.0 Å². The highest BCUT2D eigenvalue weighted by Crippen LogP contribution is 2.28. The van der Waals surface area contributed by atoms with Gasteiger partial charge < -0.3 is 14.4 Å². The fourth-order valence-electron chi connectivity index (χ4n) is 3.61. The molecule has 0 unspecified atom stereocenters. The number of hydrogen-bond acceptors (Lipinski definition) is 3. The molecular formula is C25H28N4. The third-order valence-corrected chi connectivity index (χ3v) is 5.34. The molecule has 0 aliphatic heterocycles. The van der Waals surface area contributed by atoms with Crippen LogP contribution in [0.2, 0.25) is 0 Å². The van der Waals surface area contributed by atoms with E-state index in [0.29, 0.717) is 0 Å². The number of anilines is 2. The Morgan fingerprint density at radius 3 is 1.93 bits per heavy atom. The number of nitrogens with zero attached hydrogens (tertiary/aromatic N) is 4. The van der Waals surface area contributed by atoms with Crippen molar-refractivity contribution in [3.05, 3.63) is 77.9 Å². The molecule has 0 saturated carbocycles. The molecule has 0 N–H and O–H groups in total. The van der Waals surface area contributed by atoms with Gasteiger partial charge >= 0.3 is 0 Å². The molecule has 3 aromatic carbocycles. The molecule has 0 spiro atoms. The zero-order valence-corrected chi connectivity index (χ0v) is 17.8. The summed E-state index contributed by atoms with van der Waals surface area (Å²) in [5.74, 6) is 1.01. The number of rotatable bonds is 5. The predicted octanol–water partition coefficient (Wildman–Crippen LogP) is 5.19. The number of benzene rings is 3. The van der Waals surface area contributed by atoms with Gasteiger partial charge in [-0.1, -0.05) is 18.2 Å². The quantitative estimate of drug-likeness (QED) is 0.473. The van der Waals surface area contributed by atoms with Gasteiger partial charge in [0.1, 0.15) is 5.82 Å². The van der Waals surface area contributed by atoms with E-state index in [1.807, 2.05) is 0 Å². The van der Waals surface area contributed by atoms with Gasteiger partial charge in [-0.15, -0.1) is 0 Å². The molecular weight excluding hydrogens is 356 g/mol. The average molecular weight is 385 g/mol. The second-order valence-corrected chi connectivity index (χ2v) is 8.02. The first kappa shape index (κ1) is 19.1. The lowest BCUT2D eigenvalue weighted by Crippen LogP contribution is -2.09. The minimum absolute atomic E-state index is 0.790. The number of hydrogen-bond donors (Lipinski definition) is 0. The van der Waals surface area contributed by atoms with Gasteiger partial charge in [-0.05, 0) is 66.6 Å². The average Bonchev–Trinajstić information content (AvgIpc) is 3.05. The van der Waals surface area contributed by atoms with Crippen molar-refractivity contribution < 1.29 is 0 Å². The maximum absolute atomic E-state index is 5.00. The number of fused-ring (bicyclic) bond motifs is 1. The minimum atomic E-state index is 0.790. The monoisotopic (exact) mass is 384 g/mol. The van der Waals surface area contributed by atoms with Crippen molar-refractivity contribution in [1.82, 2.24) is 9.55 Å². The fraction of sp³-hybridized carbons (Fsp3) is 0.240. The van der Waals surface area contributed by atoms with Crippen molar-refractivity contribution in [2.24, 2.45) is 0 Å². The first-order valence-electron chi connectivity index (χ1n) is 9.93. The Morgan fingerprint density at radius 1 is 0.759 bits per heavy atom. The summed E-state index contributed by atoms with van der Waals surface area (Å²) >= 11 is 0. The lowest BCUT2D eigenvalue weighted by Gasteiger charge is -2.15. The van der Waals surface area contributed by atoms with Crippen molar-refractivity contribution in [2.45, 2.75) is 13.5 Å². The molecule has 0 aliphatic carbocycles. The van der Waals surface area contributed by atoms with Crippen LogP contribution in [0.25, 0.3) is 22.4 Å². The van der Waals surface area contributed by atoms with Gasteiger partial charge in [0.05, 0.1) is 11.0 Å². The second-order valence-electron chi connectivity index (χ2n) is 8.02. The van der Waals surface area contributed by atoms with E-state index in [9.17, 15) is 0 Å². The molecule has 0 atom stereocenters. The van der Waals surface area contributed by atoms with Crippen LogP contribution >= 0.6 is 0 Å². The Kier molecular flexibility index (Phi) is 5.01. The Labute approximate surface area is 173 Å². The fourth-order valence-corrected chi connectivity index (χ4v) is 3.61. The molecule has 4 rings (SSSR count). The van der Waals surface area contributed by atoms with E-state index in [-0.39, 0.29) is 0 Å². The summed E-state index contributed by atoms with van der Waals surface area (Å²) in [5, 5.41) is 0. The molecule has 4 heteroatoms. The van der Waals surface area contributed by atoms with Crippen LogP contribution in [0.15, 0.2) is 66.7 Å². The van der Waals surface area contributed by atoms with Gasteiger partial charge in [0, 0.05) is 51.7 Å². The molecule has 4 aromatic rings. The summed E-state index contributed by atoms with van der Waals surface area (Å²) in [5.41, 5.74) is 8.23. The van der Waals surface area contributed by atoms with Crippen molar-refractivity contribution in [3.8, 4) is 11.4 Å². The maximum atomic E-state index is 5.00. The summed E-state index contributed by atoms with van der Waals surface area (Å²) in [7, 11) is 8.25. The highest BCUT2D eigenvalue weighted by Gasteiger charge is 2.14. The summed E-state index contributed by atoms with van der Waals surface area (Å²) in [6, 6.07) is 23.9. The van der Waals surface area contributed by atoms with E-state index in [0.717, 1.165) is 23.4 Å². The van der Waals surface area contributed by atoms with E-state index in [2.05, 4.69) is 116 Å².